The number of carbonyl (C=O) groups is 1. The standard InChI is InChI=1S/C16H24N2O2/c1-11(16(19)18(2)3)17-15(12-5-6-12)13-7-9-14(20-4)10-8-13/h7-12,15,17H,5-6H2,1-4H3. The monoisotopic (exact) mass is 276 g/mol. The maximum absolute atomic E-state index is 12.0. The summed E-state index contributed by atoms with van der Waals surface area (Å²) in [6, 6.07) is 8.21. The van der Waals surface area contributed by atoms with Gasteiger partial charge in [0.25, 0.3) is 0 Å². The minimum absolute atomic E-state index is 0.115. The topological polar surface area (TPSA) is 41.6 Å². The van der Waals surface area contributed by atoms with Crippen molar-refractivity contribution in [2.75, 3.05) is 21.2 Å². The second-order valence-corrected chi connectivity index (χ2v) is 5.71. The largest absolute Gasteiger partial charge is 0.497 e. The van der Waals surface area contributed by atoms with Gasteiger partial charge in [-0.1, -0.05) is 12.1 Å². The van der Waals surface area contributed by atoms with Crippen molar-refractivity contribution in [2.24, 2.45) is 5.92 Å². The summed E-state index contributed by atoms with van der Waals surface area (Å²) < 4.78 is 5.19. The number of amides is 1. The second-order valence-electron chi connectivity index (χ2n) is 5.71. The number of nitrogens with zero attached hydrogens (tertiary/aromatic N) is 1. The third-order valence-electron chi connectivity index (χ3n) is 3.81. The number of rotatable bonds is 6. The van der Waals surface area contributed by atoms with Crippen molar-refractivity contribution >= 4 is 5.91 Å². The van der Waals surface area contributed by atoms with E-state index in [1.54, 1.807) is 26.1 Å². The highest BCUT2D eigenvalue weighted by atomic mass is 16.5. The van der Waals surface area contributed by atoms with Gasteiger partial charge in [-0.2, -0.15) is 0 Å². The fourth-order valence-corrected chi connectivity index (χ4v) is 2.47. The van der Waals surface area contributed by atoms with Gasteiger partial charge >= 0.3 is 0 Å². The Kier molecular flexibility index (Phi) is 4.65. The average Bonchev–Trinajstić information content (AvgIpc) is 3.28. The molecule has 0 saturated heterocycles. The zero-order chi connectivity index (χ0) is 14.7. The first-order valence-electron chi connectivity index (χ1n) is 7.14. The van der Waals surface area contributed by atoms with Crippen LogP contribution in [0.1, 0.15) is 31.4 Å². The van der Waals surface area contributed by atoms with Gasteiger partial charge in [0.05, 0.1) is 13.2 Å². The number of carbonyl (C=O) groups excluding carboxylic acids is 1. The van der Waals surface area contributed by atoms with Crippen molar-refractivity contribution in [3.05, 3.63) is 29.8 Å². The first-order chi connectivity index (χ1) is 9.52. The van der Waals surface area contributed by atoms with Gasteiger partial charge in [-0.25, -0.2) is 0 Å². The predicted molar refractivity (Wildman–Crippen MR) is 79.8 cm³/mol. The van der Waals surface area contributed by atoms with Crippen molar-refractivity contribution in [1.29, 1.82) is 0 Å². The summed E-state index contributed by atoms with van der Waals surface area (Å²) in [4.78, 5) is 13.6. The molecular weight excluding hydrogens is 252 g/mol. The summed E-state index contributed by atoms with van der Waals surface area (Å²) >= 11 is 0. The summed E-state index contributed by atoms with van der Waals surface area (Å²) in [5, 5.41) is 3.48. The van der Waals surface area contributed by atoms with Crippen LogP contribution in [0.25, 0.3) is 0 Å². The third kappa shape index (κ3) is 3.51. The summed E-state index contributed by atoms with van der Waals surface area (Å²) in [6.45, 7) is 1.93. The van der Waals surface area contributed by atoms with Crippen molar-refractivity contribution in [2.45, 2.75) is 31.8 Å². The lowest BCUT2D eigenvalue weighted by Crippen LogP contribution is -2.43. The molecule has 4 nitrogen and oxygen atoms in total. The highest BCUT2D eigenvalue weighted by molar-refractivity contribution is 5.81. The van der Waals surface area contributed by atoms with E-state index in [-0.39, 0.29) is 18.0 Å². The van der Waals surface area contributed by atoms with Gasteiger partial charge in [0.1, 0.15) is 5.75 Å². The number of likely N-dealkylation sites (N-methyl/N-ethyl adjacent to an activating group) is 1. The number of nitrogens with one attached hydrogen (secondary N) is 1. The molecule has 1 aliphatic rings. The van der Waals surface area contributed by atoms with Gasteiger partial charge in [-0.05, 0) is 43.4 Å². The second kappa shape index (κ2) is 6.27. The molecule has 2 atom stereocenters. The number of ether oxygens (including phenoxy) is 1. The Balaban J connectivity index is 2.08. The Morgan fingerprint density at radius 1 is 1.30 bits per heavy atom. The van der Waals surface area contributed by atoms with Gasteiger partial charge in [-0.15, -0.1) is 0 Å². The molecule has 0 bridgehead atoms. The van der Waals surface area contributed by atoms with Crippen LogP contribution in [0.15, 0.2) is 24.3 Å². The highest BCUT2D eigenvalue weighted by Gasteiger charge is 2.34. The Labute approximate surface area is 121 Å². The molecule has 110 valence electrons. The van der Waals surface area contributed by atoms with Crippen LogP contribution in [0.5, 0.6) is 5.75 Å². The molecule has 2 rings (SSSR count). The molecule has 1 fully saturated rings. The van der Waals surface area contributed by atoms with E-state index >= 15 is 0 Å². The Bertz CT molecular complexity index is 452. The molecule has 4 heteroatoms. The van der Waals surface area contributed by atoms with Crippen LogP contribution < -0.4 is 10.1 Å². The molecule has 1 aliphatic carbocycles. The van der Waals surface area contributed by atoms with E-state index < -0.39 is 0 Å². The quantitative estimate of drug-likeness (QED) is 0.866. The molecule has 1 aromatic carbocycles. The number of hydrogen-bond donors (Lipinski definition) is 1. The van der Waals surface area contributed by atoms with E-state index in [1.165, 1.54) is 18.4 Å². The maximum Gasteiger partial charge on any atom is 0.238 e. The molecule has 0 spiro atoms. The molecule has 1 amide bonds. The number of methoxy groups -OCH3 is 1. The van der Waals surface area contributed by atoms with E-state index in [1.807, 2.05) is 19.1 Å². The first kappa shape index (κ1) is 14.9. The van der Waals surface area contributed by atoms with Gasteiger partial charge in [0.2, 0.25) is 5.91 Å². The molecule has 0 aliphatic heterocycles. The smallest absolute Gasteiger partial charge is 0.238 e. The average molecular weight is 276 g/mol. The molecular formula is C16H24N2O2. The van der Waals surface area contributed by atoms with Crippen LogP contribution >= 0.6 is 0 Å². The predicted octanol–water partition coefficient (Wildman–Crippen LogP) is 2.21. The van der Waals surface area contributed by atoms with Gasteiger partial charge in [0, 0.05) is 20.1 Å². The zero-order valence-electron chi connectivity index (χ0n) is 12.7. The highest BCUT2D eigenvalue weighted by Crippen LogP contribution is 2.41. The van der Waals surface area contributed by atoms with Crippen LogP contribution in [0.4, 0.5) is 0 Å². The van der Waals surface area contributed by atoms with Gasteiger partial charge in [0.15, 0.2) is 0 Å². The molecule has 2 unspecified atom stereocenters. The Hall–Kier alpha value is -1.55. The Morgan fingerprint density at radius 2 is 1.90 bits per heavy atom. The van der Waals surface area contributed by atoms with Crippen molar-refractivity contribution < 1.29 is 9.53 Å². The van der Waals surface area contributed by atoms with Crippen LogP contribution in [0.3, 0.4) is 0 Å². The lowest BCUT2D eigenvalue weighted by molar-refractivity contribution is -0.130. The van der Waals surface area contributed by atoms with Crippen LogP contribution in [-0.2, 0) is 4.79 Å². The van der Waals surface area contributed by atoms with E-state index in [4.69, 9.17) is 4.74 Å². The fourth-order valence-electron chi connectivity index (χ4n) is 2.47. The van der Waals surface area contributed by atoms with E-state index in [9.17, 15) is 4.79 Å². The van der Waals surface area contributed by atoms with Crippen molar-refractivity contribution in [1.82, 2.24) is 10.2 Å². The summed E-state index contributed by atoms with van der Waals surface area (Å²) in [6.07, 6.45) is 2.46. The molecule has 0 radical (unpaired) electrons. The van der Waals surface area contributed by atoms with E-state index in [0.717, 1.165) is 5.75 Å². The maximum atomic E-state index is 12.0. The van der Waals surface area contributed by atoms with Crippen molar-refractivity contribution in [3.63, 3.8) is 0 Å². The molecule has 1 N–H and O–H groups in total. The van der Waals surface area contributed by atoms with E-state index in [2.05, 4.69) is 17.4 Å². The van der Waals surface area contributed by atoms with Gasteiger partial charge in [-0.3, -0.25) is 10.1 Å². The lowest BCUT2D eigenvalue weighted by Gasteiger charge is -2.25. The lowest BCUT2D eigenvalue weighted by atomic mass is 10.0. The Morgan fingerprint density at radius 3 is 2.35 bits per heavy atom. The fraction of sp³-hybridized carbons (Fsp3) is 0.562. The molecule has 0 heterocycles. The van der Waals surface area contributed by atoms with Gasteiger partial charge < -0.3 is 9.64 Å². The molecule has 1 saturated carbocycles. The summed E-state index contributed by atoms with van der Waals surface area (Å²) in [5.41, 5.74) is 1.23. The minimum atomic E-state index is -0.169. The van der Waals surface area contributed by atoms with Crippen LogP contribution in [-0.4, -0.2) is 38.1 Å². The summed E-state index contributed by atoms with van der Waals surface area (Å²) in [5.74, 6) is 1.62. The first-order valence-corrected chi connectivity index (χ1v) is 7.14. The zero-order valence-corrected chi connectivity index (χ0v) is 12.7. The molecule has 20 heavy (non-hydrogen) atoms. The number of benzene rings is 1. The SMILES string of the molecule is COc1ccc(C(NC(C)C(=O)N(C)C)C2CC2)cc1. The summed E-state index contributed by atoms with van der Waals surface area (Å²) in [7, 11) is 5.25. The minimum Gasteiger partial charge on any atom is -0.497 e. The number of hydrogen-bond acceptors (Lipinski definition) is 3. The van der Waals surface area contributed by atoms with E-state index in [0.29, 0.717) is 5.92 Å². The molecule has 1 aromatic rings. The normalized spacial score (nSPS) is 17.4. The van der Waals surface area contributed by atoms with Crippen LogP contribution in [0, 0.1) is 5.92 Å². The van der Waals surface area contributed by atoms with Crippen molar-refractivity contribution in [3.8, 4) is 5.75 Å². The third-order valence-corrected chi connectivity index (χ3v) is 3.81. The molecule has 0 aromatic heterocycles. The van der Waals surface area contributed by atoms with Crippen LogP contribution in [0.2, 0.25) is 0 Å².